The first kappa shape index (κ1) is 51.4. The lowest BCUT2D eigenvalue weighted by Crippen LogP contribution is -2.41. The molecule has 2 aromatic carbocycles. The number of nitrogens with zero attached hydrogens (tertiary/aromatic N) is 4. The van der Waals surface area contributed by atoms with Crippen LogP contribution in [0.2, 0.25) is 0 Å². The van der Waals surface area contributed by atoms with E-state index in [1.807, 2.05) is 48.5 Å². The van der Waals surface area contributed by atoms with E-state index in [1.165, 1.54) is 50.7 Å². The second-order valence-corrected chi connectivity index (χ2v) is 16.1. The number of unbranched alkanes of at least 4 members (excludes halogenated alkanes) is 14. The molecule has 0 N–H and O–H groups in total. The molecule has 3 heterocycles. The maximum atomic E-state index is 11.0. The molecule has 14 nitrogen and oxygen atoms in total. The van der Waals surface area contributed by atoms with Crippen LogP contribution in [-0.4, -0.2) is 84.1 Å². The molecule has 0 radical (unpaired) electrons. The smallest absolute Gasteiger partial charge is 0.330 e. The van der Waals surface area contributed by atoms with Gasteiger partial charge < -0.3 is 37.9 Å². The van der Waals surface area contributed by atoms with Crippen LogP contribution in [0.15, 0.2) is 98.6 Å². The highest BCUT2D eigenvalue weighted by molar-refractivity contribution is 5.81. The maximum absolute atomic E-state index is 11.0. The molecule has 1 aliphatic heterocycles. The normalized spacial score (nSPS) is 14.6. The van der Waals surface area contributed by atoms with Crippen LogP contribution in [0, 0.1) is 0 Å². The van der Waals surface area contributed by atoms with Crippen molar-refractivity contribution in [2.24, 2.45) is 0 Å². The van der Waals surface area contributed by atoms with Crippen molar-refractivity contribution >= 4 is 11.9 Å². The Hall–Kier alpha value is -5.54. The zero-order valence-corrected chi connectivity index (χ0v) is 38.5. The number of rotatable bonds is 34. The zero-order valence-electron chi connectivity index (χ0n) is 38.5. The molecule has 5 rings (SSSR count). The fourth-order valence-corrected chi connectivity index (χ4v) is 7.05. The molecule has 0 amide bonds. The molecule has 0 aliphatic carbocycles. The van der Waals surface area contributed by atoms with Gasteiger partial charge in [0, 0.05) is 23.3 Å². The summed E-state index contributed by atoms with van der Waals surface area (Å²) in [7, 11) is 0. The van der Waals surface area contributed by atoms with Crippen LogP contribution < -0.4 is 9.47 Å². The lowest BCUT2D eigenvalue weighted by Gasteiger charge is -2.31. The Morgan fingerprint density at radius 3 is 1.14 bits per heavy atom. The number of hydrogen-bond donors (Lipinski definition) is 0. The first-order valence-electron chi connectivity index (χ1n) is 23.6. The van der Waals surface area contributed by atoms with Crippen LogP contribution >= 0.6 is 0 Å². The van der Waals surface area contributed by atoms with Gasteiger partial charge in [0.1, 0.15) is 0 Å². The Kier molecular flexibility index (Phi) is 24.5. The number of benzene rings is 2. The van der Waals surface area contributed by atoms with Crippen molar-refractivity contribution in [2.45, 2.75) is 129 Å². The Morgan fingerprint density at radius 1 is 0.485 bits per heavy atom. The summed E-state index contributed by atoms with van der Waals surface area (Å²) in [6.07, 6.45) is 25.5. The highest BCUT2D eigenvalue weighted by Gasteiger charge is 2.29. The minimum atomic E-state index is -0.676. The van der Waals surface area contributed by atoms with Crippen molar-refractivity contribution in [3.63, 3.8) is 0 Å². The van der Waals surface area contributed by atoms with Crippen LogP contribution in [0.25, 0.3) is 22.8 Å². The lowest BCUT2D eigenvalue weighted by atomic mass is 10.1. The van der Waals surface area contributed by atoms with Gasteiger partial charge in [0.05, 0.1) is 77.6 Å². The van der Waals surface area contributed by atoms with Crippen molar-refractivity contribution in [1.82, 2.24) is 19.9 Å². The molecule has 1 saturated heterocycles. The molecule has 0 spiro atoms. The quantitative estimate of drug-likeness (QED) is 0.0247. The molecule has 14 heteroatoms. The number of aromatic nitrogens is 4. The van der Waals surface area contributed by atoms with Gasteiger partial charge in [0.2, 0.25) is 12.6 Å². The fraction of sp³-hybridized carbons (Fsp3) is 0.500. The summed E-state index contributed by atoms with van der Waals surface area (Å²) in [5.41, 5.74) is 3.72. The second kappa shape index (κ2) is 31.4. The van der Waals surface area contributed by atoms with Gasteiger partial charge in [-0.25, -0.2) is 29.5 Å². The lowest BCUT2D eigenvalue weighted by molar-refractivity contribution is -0.326. The van der Waals surface area contributed by atoms with Gasteiger partial charge in [-0.15, -0.1) is 0 Å². The summed E-state index contributed by atoms with van der Waals surface area (Å²) >= 11 is 0. The Labute approximate surface area is 390 Å². The molecule has 1 aliphatic rings. The summed E-state index contributed by atoms with van der Waals surface area (Å²) in [5, 5.41) is 0. The van der Waals surface area contributed by atoms with Crippen molar-refractivity contribution in [3.05, 3.63) is 110 Å². The van der Waals surface area contributed by atoms with Gasteiger partial charge in [-0.1, -0.05) is 139 Å². The minimum Gasteiger partial charge on any atom is -0.490 e. The van der Waals surface area contributed by atoms with Crippen molar-refractivity contribution in [1.29, 1.82) is 0 Å². The van der Waals surface area contributed by atoms with Gasteiger partial charge >= 0.3 is 11.9 Å². The van der Waals surface area contributed by atoms with E-state index in [-0.39, 0.29) is 11.9 Å². The number of carbonyl (C=O) groups excluding carboxylic acids is 2. The van der Waals surface area contributed by atoms with Gasteiger partial charge in [-0.05, 0) is 36.8 Å². The largest absolute Gasteiger partial charge is 0.490 e. The highest BCUT2D eigenvalue weighted by atomic mass is 16.8. The van der Waals surface area contributed by atoms with Crippen LogP contribution in [0.4, 0.5) is 0 Å². The number of esters is 2. The van der Waals surface area contributed by atoms with E-state index in [1.54, 1.807) is 24.8 Å². The first-order chi connectivity index (χ1) is 32.5. The molecule has 2 atom stereocenters. The third kappa shape index (κ3) is 20.3. The van der Waals surface area contributed by atoms with Gasteiger partial charge in [0.25, 0.3) is 0 Å². The Bertz CT molecular complexity index is 1820. The van der Waals surface area contributed by atoms with Crippen molar-refractivity contribution in [3.8, 4) is 34.3 Å². The van der Waals surface area contributed by atoms with Crippen LogP contribution in [0.1, 0.15) is 114 Å². The van der Waals surface area contributed by atoms with Crippen LogP contribution in [0.5, 0.6) is 11.5 Å². The van der Waals surface area contributed by atoms with Crippen molar-refractivity contribution < 1.29 is 47.5 Å². The van der Waals surface area contributed by atoms with E-state index >= 15 is 0 Å². The summed E-state index contributed by atoms with van der Waals surface area (Å²) < 4.78 is 45.8. The predicted octanol–water partition coefficient (Wildman–Crippen LogP) is 10.5. The molecule has 66 heavy (non-hydrogen) atoms. The number of hydrogen-bond acceptors (Lipinski definition) is 14. The highest BCUT2D eigenvalue weighted by Crippen LogP contribution is 2.23. The maximum Gasteiger partial charge on any atom is 0.330 e. The summed E-state index contributed by atoms with van der Waals surface area (Å²) in [6.45, 7) is 10.5. The third-order valence-corrected chi connectivity index (χ3v) is 10.8. The van der Waals surface area contributed by atoms with E-state index in [2.05, 4.69) is 33.1 Å². The molecular formula is C52H68N4O10. The van der Waals surface area contributed by atoms with Gasteiger partial charge in [0.15, 0.2) is 23.1 Å². The predicted molar refractivity (Wildman–Crippen MR) is 251 cm³/mol. The standard InChI is InChI=1S/C52H68N4O10/c1-3-47(57)61-31-19-15-11-7-5-9-13-17-29-59-45-35-53-49(54-36-45)43-25-21-41(22-26-43)39-65-51-52(64-34-33-63-51)66-40-42-23-27-44(28-24-42)50-55-37-46(38-56-50)60-30-18-14-10-6-8-12-16-20-32-62-48(58)4-2/h3-4,21-28,35-38,51-52H,1-2,5-20,29-34,39-40H2. The molecule has 2 aromatic heterocycles. The molecule has 1 fully saturated rings. The van der Waals surface area contributed by atoms with Crippen LogP contribution in [0.3, 0.4) is 0 Å². The Morgan fingerprint density at radius 2 is 0.803 bits per heavy atom. The average Bonchev–Trinajstić information content (AvgIpc) is 3.36. The summed E-state index contributed by atoms with van der Waals surface area (Å²) in [6, 6.07) is 15.8. The number of carbonyl (C=O) groups is 2. The first-order valence-corrected chi connectivity index (χ1v) is 23.6. The van der Waals surface area contributed by atoms with Crippen LogP contribution in [-0.2, 0) is 51.2 Å². The second-order valence-electron chi connectivity index (χ2n) is 16.1. The van der Waals surface area contributed by atoms with Gasteiger partial charge in [-0.2, -0.15) is 0 Å². The minimum absolute atomic E-state index is 0.316. The van der Waals surface area contributed by atoms with E-state index in [9.17, 15) is 9.59 Å². The van der Waals surface area contributed by atoms with Crippen molar-refractivity contribution in [2.75, 3.05) is 39.6 Å². The van der Waals surface area contributed by atoms with E-state index in [0.717, 1.165) is 86.5 Å². The number of ether oxygens (including phenoxy) is 8. The van der Waals surface area contributed by atoms with E-state index in [0.29, 0.717) is 76.0 Å². The average molecular weight is 909 g/mol. The molecule has 4 aromatic rings. The fourth-order valence-electron chi connectivity index (χ4n) is 7.05. The van der Waals surface area contributed by atoms with E-state index in [4.69, 9.17) is 37.9 Å². The Balaban J connectivity index is 0.914. The van der Waals surface area contributed by atoms with E-state index < -0.39 is 12.6 Å². The molecule has 0 saturated carbocycles. The third-order valence-electron chi connectivity index (χ3n) is 10.8. The molecule has 2 unspecified atom stereocenters. The molecule has 0 bridgehead atoms. The zero-order chi connectivity index (χ0) is 46.3. The molecular weight excluding hydrogens is 841 g/mol. The van der Waals surface area contributed by atoms with Gasteiger partial charge in [-0.3, -0.25) is 0 Å². The summed E-state index contributed by atoms with van der Waals surface area (Å²) in [4.78, 5) is 40.2. The topological polar surface area (TPSA) is 160 Å². The SMILES string of the molecule is C=CC(=O)OCCCCCCCCCCOc1cnc(-c2ccc(COC3OCCOC3OCc3ccc(-c4ncc(OCCCCCCCCCCOC(=O)C=C)cn4)cc3)cc2)nc1. The summed E-state index contributed by atoms with van der Waals surface area (Å²) in [5.74, 6) is 1.86. The monoisotopic (exact) mass is 908 g/mol. The molecule has 356 valence electrons.